The quantitative estimate of drug-likeness (QED) is 0.708. The van der Waals surface area contributed by atoms with Crippen LogP contribution in [0.3, 0.4) is 0 Å². The number of aromatic amines is 1. The second kappa shape index (κ2) is 6.53. The SMILES string of the molecule is O=C(O)[C@@]12CCC[C@H]1CN(Cc1nc3sc(-c4ccccc4)cc3c(=O)[nH]1)C2. The monoisotopic (exact) mass is 395 g/mol. The molecule has 1 aliphatic carbocycles. The summed E-state index contributed by atoms with van der Waals surface area (Å²) in [4.78, 5) is 35.9. The van der Waals surface area contributed by atoms with Gasteiger partial charge in [-0.05, 0) is 30.4 Å². The number of H-pyrrole nitrogens is 1. The number of rotatable bonds is 4. The Morgan fingerprint density at radius 3 is 2.93 bits per heavy atom. The van der Waals surface area contributed by atoms with E-state index in [9.17, 15) is 14.7 Å². The molecular formula is C21H21N3O3S. The molecule has 1 aliphatic heterocycles. The van der Waals surface area contributed by atoms with Gasteiger partial charge in [0.2, 0.25) is 0 Å². The number of thiophene rings is 1. The number of fused-ring (bicyclic) bond motifs is 2. The topological polar surface area (TPSA) is 86.3 Å². The summed E-state index contributed by atoms with van der Waals surface area (Å²) >= 11 is 1.51. The van der Waals surface area contributed by atoms with Crippen LogP contribution in [0.25, 0.3) is 20.7 Å². The molecule has 1 saturated heterocycles. The molecule has 144 valence electrons. The van der Waals surface area contributed by atoms with E-state index in [4.69, 9.17) is 0 Å². The average molecular weight is 395 g/mol. The van der Waals surface area contributed by atoms with E-state index in [2.05, 4.69) is 14.9 Å². The first-order chi connectivity index (χ1) is 13.5. The molecule has 2 aromatic heterocycles. The zero-order valence-corrected chi connectivity index (χ0v) is 16.2. The summed E-state index contributed by atoms with van der Waals surface area (Å²) in [5.41, 5.74) is 0.321. The number of benzene rings is 1. The summed E-state index contributed by atoms with van der Waals surface area (Å²) in [5, 5.41) is 10.4. The average Bonchev–Trinajstić information content (AvgIpc) is 3.35. The standard InChI is InChI=1S/C21H21N3O3S/c25-18-15-9-16(13-5-2-1-3-6-13)28-19(15)23-17(22-18)11-24-10-14-7-4-8-21(14,12-24)20(26)27/h1-3,5-6,9,14H,4,7-8,10-12H2,(H,26,27)(H,22,23,25)/t14-,21+/m0/s1. The third kappa shape index (κ3) is 2.77. The number of hydrogen-bond acceptors (Lipinski definition) is 5. The van der Waals surface area contributed by atoms with Gasteiger partial charge in [0.05, 0.1) is 17.3 Å². The molecule has 5 rings (SSSR count). The maximum Gasteiger partial charge on any atom is 0.311 e. The van der Waals surface area contributed by atoms with Gasteiger partial charge in [-0.25, -0.2) is 4.98 Å². The van der Waals surface area contributed by atoms with Gasteiger partial charge in [0.25, 0.3) is 5.56 Å². The molecule has 0 amide bonds. The lowest BCUT2D eigenvalue weighted by Gasteiger charge is -2.23. The summed E-state index contributed by atoms with van der Waals surface area (Å²) in [6.45, 7) is 1.78. The van der Waals surface area contributed by atoms with Crippen LogP contribution in [0.15, 0.2) is 41.2 Å². The van der Waals surface area contributed by atoms with E-state index in [-0.39, 0.29) is 11.5 Å². The summed E-state index contributed by atoms with van der Waals surface area (Å²) in [5.74, 6) is 0.131. The van der Waals surface area contributed by atoms with Crippen LogP contribution in [0.4, 0.5) is 0 Å². The molecule has 1 saturated carbocycles. The lowest BCUT2D eigenvalue weighted by molar-refractivity contribution is -0.149. The molecule has 2 N–H and O–H groups in total. The van der Waals surface area contributed by atoms with Gasteiger partial charge in [-0.2, -0.15) is 0 Å². The number of likely N-dealkylation sites (tertiary alicyclic amines) is 1. The number of aliphatic carboxylic acids is 1. The zero-order chi connectivity index (χ0) is 19.3. The molecule has 2 atom stereocenters. The van der Waals surface area contributed by atoms with E-state index in [1.807, 2.05) is 36.4 Å². The van der Waals surface area contributed by atoms with E-state index < -0.39 is 11.4 Å². The first-order valence-corrected chi connectivity index (χ1v) is 10.4. The largest absolute Gasteiger partial charge is 0.481 e. The number of carbonyl (C=O) groups is 1. The Kier molecular flexibility index (Phi) is 4.10. The fraction of sp³-hybridized carbons (Fsp3) is 0.381. The van der Waals surface area contributed by atoms with Gasteiger partial charge >= 0.3 is 5.97 Å². The summed E-state index contributed by atoms with van der Waals surface area (Å²) in [6, 6.07) is 11.9. The molecule has 3 aromatic rings. The second-order valence-electron chi connectivity index (χ2n) is 7.93. The number of nitrogens with one attached hydrogen (secondary N) is 1. The van der Waals surface area contributed by atoms with Crippen molar-refractivity contribution in [2.45, 2.75) is 25.8 Å². The Bertz CT molecular complexity index is 1110. The maximum absolute atomic E-state index is 12.6. The van der Waals surface area contributed by atoms with Gasteiger partial charge in [-0.3, -0.25) is 14.5 Å². The van der Waals surface area contributed by atoms with Crippen molar-refractivity contribution in [3.63, 3.8) is 0 Å². The van der Waals surface area contributed by atoms with Crippen molar-refractivity contribution in [3.8, 4) is 10.4 Å². The third-order valence-corrected chi connectivity index (χ3v) is 7.33. The van der Waals surface area contributed by atoms with Crippen molar-refractivity contribution < 1.29 is 9.90 Å². The Balaban J connectivity index is 1.43. The summed E-state index contributed by atoms with van der Waals surface area (Å²) in [6.07, 6.45) is 2.71. The van der Waals surface area contributed by atoms with E-state index >= 15 is 0 Å². The molecule has 2 aliphatic rings. The van der Waals surface area contributed by atoms with E-state index in [1.54, 1.807) is 0 Å². The summed E-state index contributed by atoms with van der Waals surface area (Å²) in [7, 11) is 0. The summed E-state index contributed by atoms with van der Waals surface area (Å²) < 4.78 is 0. The Labute approximate surface area is 165 Å². The minimum absolute atomic E-state index is 0.134. The van der Waals surface area contributed by atoms with E-state index in [0.717, 1.165) is 41.1 Å². The van der Waals surface area contributed by atoms with Crippen molar-refractivity contribution in [2.24, 2.45) is 11.3 Å². The lowest BCUT2D eigenvalue weighted by Crippen LogP contribution is -2.35. The zero-order valence-electron chi connectivity index (χ0n) is 15.4. The molecule has 0 bridgehead atoms. The minimum atomic E-state index is -0.680. The lowest BCUT2D eigenvalue weighted by atomic mass is 9.81. The first-order valence-electron chi connectivity index (χ1n) is 9.59. The maximum atomic E-state index is 12.6. The molecule has 6 nitrogen and oxygen atoms in total. The normalized spacial score (nSPS) is 24.6. The van der Waals surface area contributed by atoms with Gasteiger partial charge in [0.15, 0.2) is 0 Å². The highest BCUT2D eigenvalue weighted by molar-refractivity contribution is 7.21. The number of hydrogen-bond donors (Lipinski definition) is 2. The number of carboxylic acid groups (broad SMARTS) is 1. The highest BCUT2D eigenvalue weighted by Gasteiger charge is 2.54. The molecule has 7 heteroatoms. The predicted molar refractivity (Wildman–Crippen MR) is 108 cm³/mol. The fourth-order valence-corrected chi connectivity index (χ4v) is 5.93. The molecular weight excluding hydrogens is 374 g/mol. The third-order valence-electron chi connectivity index (χ3n) is 6.25. The van der Waals surface area contributed by atoms with Crippen LogP contribution < -0.4 is 5.56 Å². The molecule has 2 fully saturated rings. The van der Waals surface area contributed by atoms with Gasteiger partial charge < -0.3 is 10.1 Å². The molecule has 1 aromatic carbocycles. The van der Waals surface area contributed by atoms with Crippen molar-refractivity contribution in [1.82, 2.24) is 14.9 Å². The van der Waals surface area contributed by atoms with Crippen molar-refractivity contribution in [2.75, 3.05) is 13.1 Å². The Hall–Kier alpha value is -2.51. The smallest absolute Gasteiger partial charge is 0.311 e. The van der Waals surface area contributed by atoms with Crippen molar-refractivity contribution >= 4 is 27.5 Å². The number of aromatic nitrogens is 2. The minimum Gasteiger partial charge on any atom is -0.481 e. The van der Waals surface area contributed by atoms with Gasteiger partial charge in [0, 0.05) is 18.0 Å². The van der Waals surface area contributed by atoms with E-state index in [0.29, 0.717) is 24.3 Å². The highest BCUT2D eigenvalue weighted by atomic mass is 32.1. The van der Waals surface area contributed by atoms with Crippen LogP contribution in [0.5, 0.6) is 0 Å². The first kappa shape index (κ1) is 17.6. The molecule has 0 unspecified atom stereocenters. The van der Waals surface area contributed by atoms with Crippen LogP contribution in [-0.2, 0) is 11.3 Å². The number of nitrogens with zero attached hydrogens (tertiary/aromatic N) is 2. The van der Waals surface area contributed by atoms with Crippen LogP contribution in [0.1, 0.15) is 25.1 Å². The highest BCUT2D eigenvalue weighted by Crippen LogP contribution is 2.49. The second-order valence-corrected chi connectivity index (χ2v) is 8.96. The van der Waals surface area contributed by atoms with Crippen LogP contribution in [0, 0.1) is 11.3 Å². The van der Waals surface area contributed by atoms with Gasteiger partial charge in [-0.15, -0.1) is 11.3 Å². The molecule has 3 heterocycles. The fourth-order valence-electron chi connectivity index (χ4n) is 4.87. The Morgan fingerprint density at radius 1 is 1.36 bits per heavy atom. The van der Waals surface area contributed by atoms with Crippen molar-refractivity contribution in [3.05, 3.63) is 52.6 Å². The molecule has 0 spiro atoms. The van der Waals surface area contributed by atoms with Crippen molar-refractivity contribution in [1.29, 1.82) is 0 Å². The number of carboxylic acids is 1. The van der Waals surface area contributed by atoms with Gasteiger partial charge in [-0.1, -0.05) is 36.8 Å². The van der Waals surface area contributed by atoms with Crippen LogP contribution in [-0.4, -0.2) is 39.0 Å². The van der Waals surface area contributed by atoms with E-state index in [1.165, 1.54) is 11.3 Å². The molecule has 28 heavy (non-hydrogen) atoms. The van der Waals surface area contributed by atoms with Crippen LogP contribution in [0.2, 0.25) is 0 Å². The van der Waals surface area contributed by atoms with Crippen LogP contribution >= 0.6 is 11.3 Å². The molecule has 0 radical (unpaired) electrons. The Morgan fingerprint density at radius 2 is 2.18 bits per heavy atom. The van der Waals surface area contributed by atoms with Gasteiger partial charge in [0.1, 0.15) is 10.7 Å². The predicted octanol–water partition coefficient (Wildman–Crippen LogP) is 3.34.